The number of hydrogen-bond acceptors (Lipinski definition) is 2. The van der Waals surface area contributed by atoms with E-state index in [9.17, 15) is 9.59 Å². The Labute approximate surface area is 112 Å². The molecule has 1 aliphatic rings. The van der Waals surface area contributed by atoms with Crippen LogP contribution in [0.2, 0.25) is 0 Å². The number of carbonyl (C=O) groups is 2. The van der Waals surface area contributed by atoms with Gasteiger partial charge in [-0.05, 0) is 43.2 Å². The summed E-state index contributed by atoms with van der Waals surface area (Å²) in [5.74, 6) is -0.309. The van der Waals surface area contributed by atoms with Gasteiger partial charge in [-0.15, -0.1) is 0 Å². The van der Waals surface area contributed by atoms with Crippen LogP contribution < -0.4 is 10.6 Å². The van der Waals surface area contributed by atoms with Crippen molar-refractivity contribution in [3.63, 3.8) is 0 Å². The smallest absolute Gasteiger partial charge is 0.251 e. The SMILES string of the molecule is C=CC(=O)Nc1ccc(C(=O)NC2CCCC2)cc1. The van der Waals surface area contributed by atoms with E-state index in [4.69, 9.17) is 0 Å². The maximum absolute atomic E-state index is 12.0. The van der Waals surface area contributed by atoms with Crippen LogP contribution in [0.25, 0.3) is 0 Å². The Kier molecular flexibility index (Phi) is 4.34. The van der Waals surface area contributed by atoms with Gasteiger partial charge in [0, 0.05) is 17.3 Å². The highest BCUT2D eigenvalue weighted by Crippen LogP contribution is 2.18. The van der Waals surface area contributed by atoms with Gasteiger partial charge in [0.2, 0.25) is 5.91 Å². The third kappa shape index (κ3) is 3.68. The van der Waals surface area contributed by atoms with Crippen LogP contribution in [0.3, 0.4) is 0 Å². The third-order valence-electron chi connectivity index (χ3n) is 3.29. The Hall–Kier alpha value is -2.10. The highest BCUT2D eigenvalue weighted by atomic mass is 16.2. The van der Waals surface area contributed by atoms with Crippen LogP contribution in [0.5, 0.6) is 0 Å². The minimum Gasteiger partial charge on any atom is -0.349 e. The van der Waals surface area contributed by atoms with Crippen LogP contribution in [0.4, 0.5) is 5.69 Å². The second-order valence-electron chi connectivity index (χ2n) is 4.73. The second-order valence-corrected chi connectivity index (χ2v) is 4.73. The lowest BCUT2D eigenvalue weighted by Crippen LogP contribution is -2.32. The Balaban J connectivity index is 1.95. The van der Waals surface area contributed by atoms with Crippen molar-refractivity contribution in [3.8, 4) is 0 Å². The molecule has 2 amide bonds. The molecule has 1 aromatic carbocycles. The summed E-state index contributed by atoms with van der Waals surface area (Å²) in [5, 5.41) is 5.67. The van der Waals surface area contributed by atoms with Crippen molar-refractivity contribution < 1.29 is 9.59 Å². The predicted octanol–water partition coefficient (Wildman–Crippen LogP) is 2.48. The number of amides is 2. The van der Waals surface area contributed by atoms with Crippen LogP contribution in [-0.2, 0) is 4.79 Å². The summed E-state index contributed by atoms with van der Waals surface area (Å²) in [6, 6.07) is 7.16. The zero-order valence-electron chi connectivity index (χ0n) is 10.8. The Morgan fingerprint density at radius 1 is 1.16 bits per heavy atom. The molecule has 0 radical (unpaired) electrons. The molecule has 0 aromatic heterocycles. The van der Waals surface area contributed by atoms with Gasteiger partial charge >= 0.3 is 0 Å². The molecule has 0 saturated heterocycles. The van der Waals surface area contributed by atoms with E-state index in [-0.39, 0.29) is 11.8 Å². The van der Waals surface area contributed by atoms with E-state index < -0.39 is 0 Å². The first-order chi connectivity index (χ1) is 9.19. The van der Waals surface area contributed by atoms with Crippen LogP contribution in [-0.4, -0.2) is 17.9 Å². The van der Waals surface area contributed by atoms with Gasteiger partial charge < -0.3 is 10.6 Å². The predicted molar refractivity (Wildman–Crippen MR) is 75.0 cm³/mol. The van der Waals surface area contributed by atoms with Crippen molar-refractivity contribution in [2.75, 3.05) is 5.32 Å². The molecule has 100 valence electrons. The number of benzene rings is 1. The van der Waals surface area contributed by atoms with Gasteiger partial charge in [-0.25, -0.2) is 0 Å². The van der Waals surface area contributed by atoms with E-state index in [1.165, 1.54) is 18.9 Å². The molecule has 0 spiro atoms. The summed E-state index contributed by atoms with van der Waals surface area (Å²) in [6.07, 6.45) is 5.73. The molecular weight excluding hydrogens is 240 g/mol. The highest BCUT2D eigenvalue weighted by molar-refractivity contribution is 5.99. The fraction of sp³-hybridized carbons (Fsp3) is 0.333. The zero-order valence-corrected chi connectivity index (χ0v) is 10.8. The monoisotopic (exact) mass is 258 g/mol. The van der Waals surface area contributed by atoms with Gasteiger partial charge in [-0.2, -0.15) is 0 Å². The van der Waals surface area contributed by atoms with Gasteiger partial charge in [0.25, 0.3) is 5.91 Å². The third-order valence-corrected chi connectivity index (χ3v) is 3.29. The normalized spacial score (nSPS) is 14.9. The van der Waals surface area contributed by atoms with E-state index in [1.54, 1.807) is 24.3 Å². The van der Waals surface area contributed by atoms with Gasteiger partial charge in [0.15, 0.2) is 0 Å². The maximum Gasteiger partial charge on any atom is 0.251 e. The number of anilines is 1. The molecule has 2 N–H and O–H groups in total. The maximum atomic E-state index is 12.0. The standard InChI is InChI=1S/C15H18N2O2/c1-2-14(18)16-13-9-7-11(8-10-13)15(19)17-12-5-3-4-6-12/h2,7-10,12H,1,3-6H2,(H,16,18)(H,17,19). The Morgan fingerprint density at radius 2 is 1.79 bits per heavy atom. The highest BCUT2D eigenvalue weighted by Gasteiger charge is 2.17. The van der Waals surface area contributed by atoms with Crippen LogP contribution >= 0.6 is 0 Å². The van der Waals surface area contributed by atoms with Crippen molar-refractivity contribution in [1.29, 1.82) is 0 Å². The first kappa shape index (κ1) is 13.3. The van der Waals surface area contributed by atoms with Crippen molar-refractivity contribution in [3.05, 3.63) is 42.5 Å². The molecule has 0 aliphatic heterocycles. The first-order valence-electron chi connectivity index (χ1n) is 6.53. The molecule has 1 aliphatic carbocycles. The molecule has 0 atom stereocenters. The van der Waals surface area contributed by atoms with Crippen molar-refractivity contribution in [2.24, 2.45) is 0 Å². The van der Waals surface area contributed by atoms with Crippen molar-refractivity contribution >= 4 is 17.5 Å². The Bertz CT molecular complexity index is 473. The van der Waals surface area contributed by atoms with Gasteiger partial charge in [0.05, 0.1) is 0 Å². The fourth-order valence-electron chi connectivity index (χ4n) is 2.24. The zero-order chi connectivity index (χ0) is 13.7. The summed E-state index contributed by atoms with van der Waals surface area (Å²) < 4.78 is 0. The summed E-state index contributed by atoms with van der Waals surface area (Å²) in [4.78, 5) is 23.1. The van der Waals surface area contributed by atoms with E-state index in [2.05, 4.69) is 17.2 Å². The molecule has 19 heavy (non-hydrogen) atoms. The topological polar surface area (TPSA) is 58.2 Å². The average Bonchev–Trinajstić information content (AvgIpc) is 2.92. The lowest BCUT2D eigenvalue weighted by Gasteiger charge is -2.12. The molecule has 0 bridgehead atoms. The molecule has 4 nitrogen and oxygen atoms in total. The van der Waals surface area contributed by atoms with Crippen LogP contribution in [0.15, 0.2) is 36.9 Å². The first-order valence-corrected chi connectivity index (χ1v) is 6.53. The van der Waals surface area contributed by atoms with Crippen molar-refractivity contribution in [2.45, 2.75) is 31.7 Å². The summed E-state index contributed by atoms with van der Waals surface area (Å²) in [6.45, 7) is 3.38. The summed E-state index contributed by atoms with van der Waals surface area (Å²) in [7, 11) is 0. The fourth-order valence-corrected chi connectivity index (χ4v) is 2.24. The van der Waals surface area contributed by atoms with E-state index in [0.717, 1.165) is 12.8 Å². The summed E-state index contributed by atoms with van der Waals surface area (Å²) >= 11 is 0. The molecule has 1 aromatic rings. The van der Waals surface area contributed by atoms with Gasteiger partial charge in [0.1, 0.15) is 0 Å². The van der Waals surface area contributed by atoms with Gasteiger partial charge in [-0.1, -0.05) is 19.4 Å². The average molecular weight is 258 g/mol. The molecule has 1 fully saturated rings. The number of rotatable bonds is 4. The van der Waals surface area contributed by atoms with E-state index >= 15 is 0 Å². The number of nitrogens with one attached hydrogen (secondary N) is 2. The Morgan fingerprint density at radius 3 is 2.37 bits per heavy atom. The minimum absolute atomic E-state index is 0.0477. The molecular formula is C15H18N2O2. The lowest BCUT2D eigenvalue weighted by molar-refractivity contribution is -0.111. The number of carbonyl (C=O) groups excluding carboxylic acids is 2. The summed E-state index contributed by atoms with van der Waals surface area (Å²) in [5.41, 5.74) is 1.27. The molecule has 4 heteroatoms. The van der Waals surface area contributed by atoms with Gasteiger partial charge in [-0.3, -0.25) is 9.59 Å². The molecule has 2 rings (SSSR count). The van der Waals surface area contributed by atoms with E-state index in [0.29, 0.717) is 17.3 Å². The largest absolute Gasteiger partial charge is 0.349 e. The second kappa shape index (κ2) is 6.18. The molecule has 0 unspecified atom stereocenters. The molecule has 1 saturated carbocycles. The van der Waals surface area contributed by atoms with Crippen LogP contribution in [0.1, 0.15) is 36.0 Å². The lowest BCUT2D eigenvalue weighted by atomic mass is 10.1. The number of hydrogen-bond donors (Lipinski definition) is 2. The van der Waals surface area contributed by atoms with Crippen LogP contribution in [0, 0.1) is 0 Å². The quantitative estimate of drug-likeness (QED) is 0.815. The minimum atomic E-state index is -0.261. The van der Waals surface area contributed by atoms with E-state index in [1.807, 2.05) is 0 Å². The molecule has 0 heterocycles. The van der Waals surface area contributed by atoms with Crippen molar-refractivity contribution in [1.82, 2.24) is 5.32 Å².